The maximum Gasteiger partial charge on any atom is 0.276 e. The largest absolute Gasteiger partial charge is 0.360 e. The molecule has 1 amide bonds. The lowest BCUT2D eigenvalue weighted by Crippen LogP contribution is -2.45. The number of carbonyl (C=O) groups excluding carboxylic acids is 1. The van der Waals surface area contributed by atoms with Gasteiger partial charge >= 0.3 is 0 Å². The van der Waals surface area contributed by atoms with E-state index in [0.717, 1.165) is 25.9 Å². The highest BCUT2D eigenvalue weighted by atomic mass is 16.5. The van der Waals surface area contributed by atoms with Crippen LogP contribution in [0, 0.1) is 11.3 Å². The van der Waals surface area contributed by atoms with Crippen LogP contribution in [0.1, 0.15) is 29.4 Å². The Labute approximate surface area is 122 Å². The monoisotopic (exact) mass is 290 g/mol. The van der Waals surface area contributed by atoms with Crippen LogP contribution in [0.15, 0.2) is 6.20 Å². The zero-order valence-corrected chi connectivity index (χ0v) is 11.7. The number of rotatable bonds is 2. The molecular weight excluding hydrogens is 272 g/mol. The summed E-state index contributed by atoms with van der Waals surface area (Å²) < 4.78 is 7.03. The lowest BCUT2D eigenvalue weighted by Gasteiger charge is -2.29. The predicted molar refractivity (Wildman–Crippen MR) is 72.4 cm³/mol. The molecule has 2 aliphatic heterocycles. The van der Waals surface area contributed by atoms with Gasteiger partial charge in [0.1, 0.15) is 0 Å². The fraction of sp³-hybridized carbons (Fsp3) is 0.692. The smallest absolute Gasteiger partial charge is 0.276 e. The van der Waals surface area contributed by atoms with Crippen LogP contribution in [0.2, 0.25) is 0 Å². The first kappa shape index (κ1) is 14.0. The van der Waals surface area contributed by atoms with Gasteiger partial charge in [-0.2, -0.15) is 5.26 Å². The van der Waals surface area contributed by atoms with Crippen LogP contribution < -0.4 is 5.32 Å². The first-order chi connectivity index (χ1) is 10.3. The molecule has 0 aromatic carbocycles. The van der Waals surface area contributed by atoms with Crippen molar-refractivity contribution < 1.29 is 9.53 Å². The fourth-order valence-corrected chi connectivity index (χ4v) is 2.70. The quantitative estimate of drug-likeness (QED) is 0.794. The second kappa shape index (κ2) is 6.20. The minimum absolute atomic E-state index is 0.182. The van der Waals surface area contributed by atoms with Crippen molar-refractivity contribution in [2.24, 2.45) is 0 Å². The molecule has 3 rings (SSSR count). The van der Waals surface area contributed by atoms with Gasteiger partial charge in [0.25, 0.3) is 5.91 Å². The molecule has 2 saturated heterocycles. The molecule has 21 heavy (non-hydrogen) atoms. The molecule has 0 saturated carbocycles. The van der Waals surface area contributed by atoms with Crippen molar-refractivity contribution in [1.29, 1.82) is 5.26 Å². The molecule has 0 spiro atoms. The van der Waals surface area contributed by atoms with Crippen molar-refractivity contribution in [3.63, 3.8) is 0 Å². The Hall–Kier alpha value is -1.98. The Balaban J connectivity index is 1.67. The maximum atomic E-state index is 12.4. The van der Waals surface area contributed by atoms with E-state index in [1.807, 2.05) is 6.07 Å². The van der Waals surface area contributed by atoms with Crippen LogP contribution in [-0.4, -0.2) is 64.7 Å². The van der Waals surface area contributed by atoms with E-state index in [-0.39, 0.29) is 12.5 Å². The normalized spacial score (nSPS) is 23.8. The maximum absolute atomic E-state index is 12.4. The third kappa shape index (κ3) is 3.04. The Bertz CT molecular complexity index is 545. The van der Waals surface area contributed by atoms with Crippen molar-refractivity contribution in [2.45, 2.75) is 25.0 Å². The number of nitrogens with zero attached hydrogens (tertiary/aromatic N) is 5. The second-order valence-electron chi connectivity index (χ2n) is 5.30. The van der Waals surface area contributed by atoms with Gasteiger partial charge in [0.05, 0.1) is 31.5 Å². The number of ether oxygens (including phenoxy) is 1. The summed E-state index contributed by atoms with van der Waals surface area (Å²) in [6.45, 7) is 3.07. The van der Waals surface area contributed by atoms with E-state index in [2.05, 4.69) is 15.6 Å². The van der Waals surface area contributed by atoms with Crippen molar-refractivity contribution in [2.75, 3.05) is 32.8 Å². The third-order valence-electron chi connectivity index (χ3n) is 3.91. The molecule has 8 nitrogen and oxygen atoms in total. The molecular formula is C13H18N6O2. The molecule has 112 valence electrons. The summed E-state index contributed by atoms with van der Waals surface area (Å²) in [4.78, 5) is 14.0. The van der Waals surface area contributed by atoms with Crippen LogP contribution in [0.4, 0.5) is 0 Å². The number of aromatic nitrogens is 3. The van der Waals surface area contributed by atoms with Crippen LogP contribution in [0.3, 0.4) is 0 Å². The molecule has 2 fully saturated rings. The second-order valence-corrected chi connectivity index (χ2v) is 5.30. The Morgan fingerprint density at radius 2 is 2.29 bits per heavy atom. The average molecular weight is 290 g/mol. The Morgan fingerprint density at radius 1 is 1.48 bits per heavy atom. The van der Waals surface area contributed by atoms with Crippen LogP contribution in [-0.2, 0) is 4.74 Å². The van der Waals surface area contributed by atoms with Gasteiger partial charge in [-0.15, -0.1) is 5.10 Å². The van der Waals surface area contributed by atoms with E-state index in [1.54, 1.807) is 15.8 Å². The summed E-state index contributed by atoms with van der Waals surface area (Å²) >= 11 is 0. The summed E-state index contributed by atoms with van der Waals surface area (Å²) in [6, 6.07) is 2.34. The standard InChI is InChI=1S/C13H18N6O2/c14-7-11-8-18(5-6-21-11)13(20)12-9-19(17-16-12)10-1-3-15-4-2-10/h9-11,15H,1-6,8H2. The molecule has 1 atom stereocenters. The SMILES string of the molecule is N#CC1CN(C(=O)c2cn(C3CCNCC3)nn2)CCO1. The molecule has 8 heteroatoms. The first-order valence-electron chi connectivity index (χ1n) is 7.21. The number of hydrogen-bond donors (Lipinski definition) is 1. The predicted octanol–water partition coefficient (Wildman–Crippen LogP) is -0.433. The van der Waals surface area contributed by atoms with Gasteiger partial charge in [-0.3, -0.25) is 4.79 Å². The van der Waals surface area contributed by atoms with Gasteiger partial charge in [-0.25, -0.2) is 4.68 Å². The van der Waals surface area contributed by atoms with E-state index in [4.69, 9.17) is 10.00 Å². The molecule has 0 aliphatic carbocycles. The average Bonchev–Trinajstić information content (AvgIpc) is 3.05. The lowest BCUT2D eigenvalue weighted by atomic mass is 10.1. The molecule has 1 aromatic rings. The minimum atomic E-state index is -0.554. The number of amides is 1. The highest BCUT2D eigenvalue weighted by molar-refractivity contribution is 5.92. The Kier molecular flexibility index (Phi) is 4.13. The molecule has 0 radical (unpaired) electrons. The Morgan fingerprint density at radius 3 is 3.05 bits per heavy atom. The number of nitriles is 1. The van der Waals surface area contributed by atoms with Crippen molar-refractivity contribution in [3.8, 4) is 6.07 Å². The number of nitrogens with one attached hydrogen (secondary N) is 1. The summed E-state index contributed by atoms with van der Waals surface area (Å²) in [5, 5.41) is 20.3. The summed E-state index contributed by atoms with van der Waals surface area (Å²) in [7, 11) is 0. The zero-order chi connectivity index (χ0) is 14.7. The van der Waals surface area contributed by atoms with Gasteiger partial charge in [0.2, 0.25) is 0 Å². The molecule has 0 bridgehead atoms. The fourth-order valence-electron chi connectivity index (χ4n) is 2.70. The number of hydrogen-bond acceptors (Lipinski definition) is 6. The first-order valence-corrected chi connectivity index (χ1v) is 7.21. The highest BCUT2D eigenvalue weighted by Gasteiger charge is 2.27. The number of morpholine rings is 1. The van der Waals surface area contributed by atoms with E-state index in [0.29, 0.717) is 24.9 Å². The van der Waals surface area contributed by atoms with Gasteiger partial charge in [-0.1, -0.05) is 5.21 Å². The third-order valence-corrected chi connectivity index (χ3v) is 3.91. The summed E-state index contributed by atoms with van der Waals surface area (Å²) in [6.07, 6.45) is 3.15. The molecule has 1 unspecified atom stereocenters. The molecule has 3 heterocycles. The molecule has 1 aromatic heterocycles. The highest BCUT2D eigenvalue weighted by Crippen LogP contribution is 2.17. The van der Waals surface area contributed by atoms with E-state index in [9.17, 15) is 4.79 Å². The van der Waals surface area contributed by atoms with Crippen LogP contribution in [0.25, 0.3) is 0 Å². The van der Waals surface area contributed by atoms with E-state index in [1.165, 1.54) is 0 Å². The number of piperidine rings is 1. The van der Waals surface area contributed by atoms with Gasteiger partial charge < -0.3 is 15.0 Å². The molecule has 2 aliphatic rings. The van der Waals surface area contributed by atoms with Crippen molar-refractivity contribution in [3.05, 3.63) is 11.9 Å². The van der Waals surface area contributed by atoms with E-state index >= 15 is 0 Å². The van der Waals surface area contributed by atoms with E-state index < -0.39 is 6.10 Å². The summed E-state index contributed by atoms with van der Waals surface area (Å²) in [5.74, 6) is -0.182. The number of carbonyl (C=O) groups is 1. The van der Waals surface area contributed by atoms with Crippen LogP contribution >= 0.6 is 0 Å². The van der Waals surface area contributed by atoms with Crippen molar-refractivity contribution in [1.82, 2.24) is 25.2 Å². The van der Waals surface area contributed by atoms with Gasteiger partial charge in [-0.05, 0) is 25.9 Å². The zero-order valence-electron chi connectivity index (χ0n) is 11.7. The lowest BCUT2D eigenvalue weighted by molar-refractivity contribution is 0.00319. The minimum Gasteiger partial charge on any atom is -0.360 e. The van der Waals surface area contributed by atoms with Gasteiger partial charge in [0.15, 0.2) is 11.8 Å². The topological polar surface area (TPSA) is 96.1 Å². The molecule has 1 N–H and O–H groups in total. The van der Waals surface area contributed by atoms with Crippen molar-refractivity contribution >= 4 is 5.91 Å². The summed E-state index contributed by atoms with van der Waals surface area (Å²) in [5.41, 5.74) is 0.340. The van der Waals surface area contributed by atoms with Crippen LogP contribution in [0.5, 0.6) is 0 Å². The van der Waals surface area contributed by atoms with Gasteiger partial charge in [0, 0.05) is 6.54 Å².